The van der Waals surface area contributed by atoms with Crippen LogP contribution in [-0.4, -0.2) is 15.0 Å². The third-order valence-corrected chi connectivity index (χ3v) is 3.54. The highest BCUT2D eigenvalue weighted by Crippen LogP contribution is 2.18. The molecule has 1 atom stereocenters. The Morgan fingerprint density at radius 1 is 1.60 bits per heavy atom. The minimum atomic E-state index is 0.271. The summed E-state index contributed by atoms with van der Waals surface area (Å²) in [6.07, 6.45) is 3.02. The Hall–Kier alpha value is -0.680. The molecule has 0 aliphatic carbocycles. The Bertz CT molecular complexity index is 408. The van der Waals surface area contributed by atoms with Gasteiger partial charge in [-0.25, -0.2) is 0 Å². The maximum absolute atomic E-state index is 4.09. The number of thiophene rings is 1. The Morgan fingerprint density at radius 2 is 2.47 bits per heavy atom. The van der Waals surface area contributed by atoms with Crippen molar-refractivity contribution in [2.45, 2.75) is 24.7 Å². The molecule has 80 valence electrons. The van der Waals surface area contributed by atoms with Crippen molar-refractivity contribution in [2.24, 2.45) is 0 Å². The summed E-state index contributed by atoms with van der Waals surface area (Å²) in [5.41, 5.74) is 0.987. The second-order valence-electron chi connectivity index (χ2n) is 3.35. The molecule has 1 unspecified atom stereocenters. The Kier molecular flexibility index (Phi) is 3.53. The molecule has 0 bridgehead atoms. The van der Waals surface area contributed by atoms with E-state index in [1.165, 1.54) is 4.88 Å². The summed E-state index contributed by atoms with van der Waals surface area (Å²) >= 11 is 5.26. The van der Waals surface area contributed by atoms with E-state index in [-0.39, 0.29) is 4.83 Å². The van der Waals surface area contributed by atoms with Gasteiger partial charge in [-0.2, -0.15) is 0 Å². The lowest BCUT2D eigenvalue weighted by Crippen LogP contribution is -2.00. The van der Waals surface area contributed by atoms with Crippen molar-refractivity contribution in [1.29, 1.82) is 0 Å². The quantitative estimate of drug-likeness (QED) is 0.809. The normalized spacial score (nSPS) is 12.9. The first-order valence-electron chi connectivity index (χ1n) is 4.82. The van der Waals surface area contributed by atoms with Crippen molar-refractivity contribution in [3.8, 4) is 0 Å². The van der Waals surface area contributed by atoms with Crippen LogP contribution >= 0.6 is 27.3 Å². The summed E-state index contributed by atoms with van der Waals surface area (Å²) in [5, 5.41) is 10.3. The molecule has 15 heavy (non-hydrogen) atoms. The SMILES string of the molecule is CC(Br)c1cn(CCc2cccs2)nn1. The second-order valence-corrected chi connectivity index (χ2v) is 5.76. The molecule has 5 heteroatoms. The molecule has 0 aromatic carbocycles. The van der Waals surface area contributed by atoms with Crippen LogP contribution in [0, 0.1) is 0 Å². The first-order chi connectivity index (χ1) is 7.25. The van der Waals surface area contributed by atoms with Crippen molar-refractivity contribution < 1.29 is 0 Å². The van der Waals surface area contributed by atoms with Crippen molar-refractivity contribution in [2.75, 3.05) is 0 Å². The molecule has 0 radical (unpaired) electrons. The summed E-state index contributed by atoms with van der Waals surface area (Å²) in [6, 6.07) is 4.23. The molecule has 0 aliphatic rings. The first kappa shape index (κ1) is 10.8. The summed E-state index contributed by atoms with van der Waals surface area (Å²) in [7, 11) is 0. The van der Waals surface area contributed by atoms with Gasteiger partial charge in [0.15, 0.2) is 0 Å². The van der Waals surface area contributed by atoms with Gasteiger partial charge in [-0.05, 0) is 18.4 Å². The predicted molar refractivity (Wildman–Crippen MR) is 65.4 cm³/mol. The van der Waals surface area contributed by atoms with Crippen LogP contribution in [0.2, 0.25) is 0 Å². The summed E-state index contributed by atoms with van der Waals surface area (Å²) < 4.78 is 1.90. The van der Waals surface area contributed by atoms with Crippen molar-refractivity contribution in [3.63, 3.8) is 0 Å². The minimum absolute atomic E-state index is 0.271. The summed E-state index contributed by atoms with van der Waals surface area (Å²) in [6.45, 7) is 2.95. The van der Waals surface area contributed by atoms with E-state index in [0.717, 1.165) is 18.7 Å². The number of hydrogen-bond donors (Lipinski definition) is 0. The van der Waals surface area contributed by atoms with Crippen LogP contribution in [-0.2, 0) is 13.0 Å². The fraction of sp³-hybridized carbons (Fsp3) is 0.400. The van der Waals surface area contributed by atoms with E-state index >= 15 is 0 Å². The zero-order chi connectivity index (χ0) is 10.7. The lowest BCUT2D eigenvalue weighted by Gasteiger charge is -1.97. The zero-order valence-corrected chi connectivity index (χ0v) is 10.8. The molecule has 0 saturated heterocycles. The van der Waals surface area contributed by atoms with Gasteiger partial charge >= 0.3 is 0 Å². The third-order valence-electron chi connectivity index (χ3n) is 2.13. The van der Waals surface area contributed by atoms with E-state index < -0.39 is 0 Å². The first-order valence-corrected chi connectivity index (χ1v) is 6.62. The Morgan fingerprint density at radius 3 is 3.07 bits per heavy atom. The van der Waals surface area contributed by atoms with E-state index in [9.17, 15) is 0 Å². The van der Waals surface area contributed by atoms with Gasteiger partial charge in [-0.3, -0.25) is 4.68 Å². The largest absolute Gasteiger partial charge is 0.252 e. The van der Waals surface area contributed by atoms with Crippen LogP contribution < -0.4 is 0 Å². The van der Waals surface area contributed by atoms with E-state index in [2.05, 4.69) is 43.8 Å². The van der Waals surface area contributed by atoms with Gasteiger partial charge in [0.05, 0.1) is 10.5 Å². The average molecular weight is 286 g/mol. The molecule has 0 saturated carbocycles. The molecule has 2 aromatic rings. The second kappa shape index (κ2) is 4.90. The van der Waals surface area contributed by atoms with Crippen molar-refractivity contribution in [1.82, 2.24) is 15.0 Å². The maximum atomic E-state index is 4.09. The van der Waals surface area contributed by atoms with Gasteiger partial charge in [0.25, 0.3) is 0 Å². The van der Waals surface area contributed by atoms with Crippen molar-refractivity contribution >= 4 is 27.3 Å². The van der Waals surface area contributed by atoms with Gasteiger partial charge in [0.2, 0.25) is 0 Å². The van der Waals surface area contributed by atoms with E-state index in [4.69, 9.17) is 0 Å². The van der Waals surface area contributed by atoms with Gasteiger partial charge < -0.3 is 0 Å². The average Bonchev–Trinajstić information content (AvgIpc) is 2.86. The fourth-order valence-corrected chi connectivity index (χ4v) is 2.19. The van der Waals surface area contributed by atoms with E-state index in [0.29, 0.717) is 0 Å². The molecule has 2 heterocycles. The minimum Gasteiger partial charge on any atom is -0.252 e. The smallest absolute Gasteiger partial charge is 0.0960 e. The number of rotatable bonds is 4. The topological polar surface area (TPSA) is 30.7 Å². The van der Waals surface area contributed by atoms with Crippen LogP contribution in [0.1, 0.15) is 22.3 Å². The number of aromatic nitrogens is 3. The van der Waals surface area contributed by atoms with Gasteiger partial charge in [-0.1, -0.05) is 27.2 Å². The van der Waals surface area contributed by atoms with Crippen LogP contribution in [0.15, 0.2) is 23.7 Å². The highest BCUT2D eigenvalue weighted by atomic mass is 79.9. The maximum Gasteiger partial charge on any atom is 0.0960 e. The molecule has 0 N–H and O–H groups in total. The number of aryl methyl sites for hydroxylation is 2. The van der Waals surface area contributed by atoms with Crippen LogP contribution in [0.4, 0.5) is 0 Å². The number of nitrogens with zero attached hydrogens (tertiary/aromatic N) is 3. The van der Waals surface area contributed by atoms with E-state index in [1.54, 1.807) is 11.3 Å². The molecule has 0 fully saturated rings. The van der Waals surface area contributed by atoms with Crippen LogP contribution in [0.5, 0.6) is 0 Å². The zero-order valence-electron chi connectivity index (χ0n) is 8.43. The molecular formula is C10H12BrN3S. The molecule has 0 aliphatic heterocycles. The lowest BCUT2D eigenvalue weighted by atomic mass is 10.3. The van der Waals surface area contributed by atoms with Crippen LogP contribution in [0.25, 0.3) is 0 Å². The Balaban J connectivity index is 1.94. The Labute approximate surface area is 101 Å². The number of halogens is 1. The van der Waals surface area contributed by atoms with Gasteiger partial charge in [0.1, 0.15) is 0 Å². The van der Waals surface area contributed by atoms with Gasteiger partial charge in [-0.15, -0.1) is 16.4 Å². The fourth-order valence-electron chi connectivity index (χ4n) is 1.28. The summed E-state index contributed by atoms with van der Waals surface area (Å²) in [5.74, 6) is 0. The third kappa shape index (κ3) is 2.89. The molecule has 2 aromatic heterocycles. The molecular weight excluding hydrogens is 274 g/mol. The molecule has 0 spiro atoms. The lowest BCUT2D eigenvalue weighted by molar-refractivity contribution is 0.592. The van der Waals surface area contributed by atoms with E-state index in [1.807, 2.05) is 17.8 Å². The highest BCUT2D eigenvalue weighted by Gasteiger charge is 2.05. The number of hydrogen-bond acceptors (Lipinski definition) is 3. The standard InChI is InChI=1S/C10H12BrN3S/c1-8(11)10-7-14(13-12-10)5-4-9-3-2-6-15-9/h2-3,6-8H,4-5H2,1H3. The molecule has 2 rings (SSSR count). The molecule has 0 amide bonds. The van der Waals surface area contributed by atoms with Crippen LogP contribution in [0.3, 0.4) is 0 Å². The van der Waals surface area contributed by atoms with Gasteiger partial charge in [0, 0.05) is 24.0 Å². The number of alkyl halides is 1. The van der Waals surface area contributed by atoms with Crippen molar-refractivity contribution in [3.05, 3.63) is 34.3 Å². The summed E-state index contributed by atoms with van der Waals surface area (Å²) in [4.78, 5) is 1.66. The highest BCUT2D eigenvalue weighted by molar-refractivity contribution is 9.09. The monoisotopic (exact) mass is 285 g/mol. The predicted octanol–water partition coefficient (Wildman–Crippen LogP) is 3.04. The molecule has 3 nitrogen and oxygen atoms in total.